The molecule has 0 unspecified atom stereocenters. The normalized spacial score (nSPS) is 9.65. The minimum atomic E-state index is 0.239. The van der Waals surface area contributed by atoms with E-state index in [4.69, 9.17) is 11.0 Å². The van der Waals surface area contributed by atoms with E-state index in [0.29, 0.717) is 11.5 Å². The number of nitrogens with two attached hydrogens (primary N) is 1. The second-order valence-corrected chi connectivity index (χ2v) is 3.69. The predicted molar refractivity (Wildman–Crippen MR) is 67.8 cm³/mol. The number of rotatable bonds is 2. The number of para-hydroxylation sites is 1. The van der Waals surface area contributed by atoms with Gasteiger partial charge in [-0.1, -0.05) is 18.2 Å². The number of nitrogen functional groups attached to an aromatic ring is 1. The monoisotopic (exact) mass is 224 g/mol. The number of hydrogen-bond donors (Lipinski definition) is 2. The minimum absolute atomic E-state index is 0.239. The standard InChI is InChI=1S/C13H12N4/c1-9-4-2-3-5-11(9)16-13-7-6-10(15)12(8-14)17-13/h2-7H,15H2,1H3,(H,16,17). The third-order valence-electron chi connectivity index (χ3n) is 2.44. The van der Waals surface area contributed by atoms with E-state index in [2.05, 4.69) is 10.3 Å². The highest BCUT2D eigenvalue weighted by Gasteiger charge is 2.03. The van der Waals surface area contributed by atoms with Crippen LogP contribution in [0.3, 0.4) is 0 Å². The summed E-state index contributed by atoms with van der Waals surface area (Å²) in [5, 5.41) is 12.0. The molecule has 4 heteroatoms. The quantitative estimate of drug-likeness (QED) is 0.822. The zero-order valence-electron chi connectivity index (χ0n) is 9.44. The van der Waals surface area contributed by atoms with Crippen LogP contribution in [0.4, 0.5) is 17.2 Å². The van der Waals surface area contributed by atoms with Crippen molar-refractivity contribution in [3.63, 3.8) is 0 Å². The van der Waals surface area contributed by atoms with Gasteiger partial charge < -0.3 is 11.1 Å². The number of anilines is 3. The average molecular weight is 224 g/mol. The van der Waals surface area contributed by atoms with Crippen molar-refractivity contribution in [1.29, 1.82) is 5.26 Å². The Bertz CT molecular complexity index is 584. The average Bonchev–Trinajstić information content (AvgIpc) is 2.34. The lowest BCUT2D eigenvalue weighted by atomic mass is 10.2. The largest absolute Gasteiger partial charge is 0.396 e. The number of aryl methyl sites for hydroxylation is 1. The van der Waals surface area contributed by atoms with E-state index in [0.717, 1.165) is 11.3 Å². The van der Waals surface area contributed by atoms with Crippen LogP contribution in [-0.2, 0) is 0 Å². The van der Waals surface area contributed by atoms with Crippen molar-refractivity contribution in [2.24, 2.45) is 0 Å². The first-order valence-corrected chi connectivity index (χ1v) is 5.20. The van der Waals surface area contributed by atoms with Crippen LogP contribution in [0.25, 0.3) is 0 Å². The summed E-state index contributed by atoms with van der Waals surface area (Å²) in [5.74, 6) is 0.616. The van der Waals surface area contributed by atoms with Gasteiger partial charge >= 0.3 is 0 Å². The Morgan fingerprint density at radius 1 is 1.24 bits per heavy atom. The third-order valence-corrected chi connectivity index (χ3v) is 2.44. The molecule has 84 valence electrons. The maximum Gasteiger partial charge on any atom is 0.165 e. The molecule has 4 nitrogen and oxygen atoms in total. The second-order valence-electron chi connectivity index (χ2n) is 3.69. The molecule has 0 bridgehead atoms. The summed E-state index contributed by atoms with van der Waals surface area (Å²) in [6, 6.07) is 13.3. The van der Waals surface area contributed by atoms with Crippen LogP contribution in [0.1, 0.15) is 11.3 Å². The second kappa shape index (κ2) is 4.54. The van der Waals surface area contributed by atoms with Gasteiger partial charge in [-0.05, 0) is 30.7 Å². The molecule has 2 aromatic rings. The molecular formula is C13H12N4. The van der Waals surface area contributed by atoms with Crippen molar-refractivity contribution in [2.75, 3.05) is 11.1 Å². The Morgan fingerprint density at radius 3 is 2.71 bits per heavy atom. The van der Waals surface area contributed by atoms with Crippen molar-refractivity contribution in [2.45, 2.75) is 6.92 Å². The molecule has 0 aliphatic heterocycles. The zero-order valence-corrected chi connectivity index (χ0v) is 9.44. The summed E-state index contributed by atoms with van der Waals surface area (Å²) in [6.07, 6.45) is 0. The van der Waals surface area contributed by atoms with Gasteiger partial charge in [0.05, 0.1) is 5.69 Å². The van der Waals surface area contributed by atoms with E-state index >= 15 is 0 Å². The lowest BCUT2D eigenvalue weighted by molar-refractivity contribution is 1.25. The maximum absolute atomic E-state index is 8.84. The van der Waals surface area contributed by atoms with Crippen molar-refractivity contribution < 1.29 is 0 Å². The van der Waals surface area contributed by atoms with Crippen molar-refractivity contribution in [3.8, 4) is 6.07 Å². The molecule has 2 rings (SSSR count). The first-order chi connectivity index (χ1) is 8.20. The Kier molecular flexibility index (Phi) is 2.93. The van der Waals surface area contributed by atoms with E-state index in [1.165, 1.54) is 0 Å². The highest BCUT2D eigenvalue weighted by Crippen LogP contribution is 2.20. The molecule has 0 spiro atoms. The Balaban J connectivity index is 2.32. The summed E-state index contributed by atoms with van der Waals surface area (Å²) in [4.78, 5) is 4.13. The van der Waals surface area contributed by atoms with E-state index < -0.39 is 0 Å². The van der Waals surface area contributed by atoms with Gasteiger partial charge in [0.2, 0.25) is 0 Å². The van der Waals surface area contributed by atoms with Crippen LogP contribution in [0.5, 0.6) is 0 Å². The van der Waals surface area contributed by atoms with Crippen LogP contribution in [-0.4, -0.2) is 4.98 Å². The number of benzene rings is 1. The van der Waals surface area contributed by atoms with Gasteiger partial charge in [-0.15, -0.1) is 0 Å². The fourth-order valence-corrected chi connectivity index (χ4v) is 1.48. The third kappa shape index (κ3) is 2.34. The molecule has 0 saturated carbocycles. The number of nitrogens with one attached hydrogen (secondary N) is 1. The molecule has 1 heterocycles. The molecule has 0 fully saturated rings. The molecule has 1 aromatic carbocycles. The van der Waals surface area contributed by atoms with Crippen LogP contribution in [0.2, 0.25) is 0 Å². The van der Waals surface area contributed by atoms with Crippen molar-refractivity contribution in [3.05, 3.63) is 47.7 Å². The van der Waals surface area contributed by atoms with Crippen LogP contribution < -0.4 is 11.1 Å². The van der Waals surface area contributed by atoms with Gasteiger partial charge in [-0.25, -0.2) is 4.98 Å². The van der Waals surface area contributed by atoms with Gasteiger partial charge in [0.25, 0.3) is 0 Å². The van der Waals surface area contributed by atoms with Gasteiger partial charge in [-0.2, -0.15) is 5.26 Å². The summed E-state index contributed by atoms with van der Waals surface area (Å²) in [6.45, 7) is 2.00. The van der Waals surface area contributed by atoms with E-state index in [1.807, 2.05) is 37.3 Å². The highest BCUT2D eigenvalue weighted by atomic mass is 15.0. The van der Waals surface area contributed by atoms with E-state index in [1.54, 1.807) is 12.1 Å². The topological polar surface area (TPSA) is 74.7 Å². The van der Waals surface area contributed by atoms with E-state index in [-0.39, 0.29) is 5.69 Å². The zero-order chi connectivity index (χ0) is 12.3. The fourth-order valence-electron chi connectivity index (χ4n) is 1.48. The Morgan fingerprint density at radius 2 is 2.00 bits per heavy atom. The van der Waals surface area contributed by atoms with E-state index in [9.17, 15) is 0 Å². The molecule has 0 radical (unpaired) electrons. The summed E-state index contributed by atoms with van der Waals surface area (Å²) >= 11 is 0. The lowest BCUT2D eigenvalue weighted by Gasteiger charge is -2.09. The Labute approximate surface area is 99.7 Å². The van der Waals surface area contributed by atoms with Crippen molar-refractivity contribution >= 4 is 17.2 Å². The van der Waals surface area contributed by atoms with Crippen LogP contribution in [0.15, 0.2) is 36.4 Å². The van der Waals surface area contributed by atoms with Gasteiger partial charge in [0.1, 0.15) is 11.9 Å². The molecule has 0 atom stereocenters. The molecular weight excluding hydrogens is 212 g/mol. The van der Waals surface area contributed by atoms with Crippen LogP contribution in [0, 0.1) is 18.3 Å². The Hall–Kier alpha value is -2.54. The number of nitrogens with zero attached hydrogens (tertiary/aromatic N) is 2. The number of pyridine rings is 1. The molecule has 3 N–H and O–H groups in total. The van der Waals surface area contributed by atoms with Crippen molar-refractivity contribution in [1.82, 2.24) is 4.98 Å². The molecule has 0 saturated heterocycles. The smallest absolute Gasteiger partial charge is 0.165 e. The number of aromatic nitrogens is 1. The molecule has 1 aromatic heterocycles. The van der Waals surface area contributed by atoms with Gasteiger partial charge in [0.15, 0.2) is 5.69 Å². The molecule has 0 aliphatic carbocycles. The molecule has 17 heavy (non-hydrogen) atoms. The first-order valence-electron chi connectivity index (χ1n) is 5.20. The van der Waals surface area contributed by atoms with Gasteiger partial charge in [0, 0.05) is 5.69 Å². The molecule has 0 aliphatic rings. The predicted octanol–water partition coefficient (Wildman–Crippen LogP) is 2.59. The van der Waals surface area contributed by atoms with Crippen LogP contribution >= 0.6 is 0 Å². The van der Waals surface area contributed by atoms with Gasteiger partial charge in [-0.3, -0.25) is 0 Å². The maximum atomic E-state index is 8.84. The highest BCUT2D eigenvalue weighted by molar-refractivity contribution is 5.63. The minimum Gasteiger partial charge on any atom is -0.396 e. The lowest BCUT2D eigenvalue weighted by Crippen LogP contribution is -1.99. The SMILES string of the molecule is Cc1ccccc1Nc1ccc(N)c(C#N)n1. The summed E-state index contributed by atoms with van der Waals surface area (Å²) in [7, 11) is 0. The number of nitriles is 1. The first kappa shape index (κ1) is 11.0. The molecule has 0 amide bonds. The summed E-state index contributed by atoms with van der Waals surface area (Å²) in [5.41, 5.74) is 8.32. The summed E-state index contributed by atoms with van der Waals surface area (Å²) < 4.78 is 0. The fraction of sp³-hybridized carbons (Fsp3) is 0.0769. The number of hydrogen-bond acceptors (Lipinski definition) is 4.